The average molecular weight is 414 g/mol. The third-order valence-electron chi connectivity index (χ3n) is 4.39. The van der Waals surface area contributed by atoms with Crippen molar-refractivity contribution in [3.8, 4) is 0 Å². The van der Waals surface area contributed by atoms with E-state index in [0.717, 1.165) is 27.4 Å². The molecule has 2 N–H and O–H groups in total. The lowest BCUT2D eigenvalue weighted by atomic mass is 10.1. The second-order valence-electron chi connectivity index (χ2n) is 6.72. The molecule has 0 fully saturated rings. The average Bonchev–Trinajstić information content (AvgIpc) is 2.99. The predicted molar refractivity (Wildman–Crippen MR) is 119 cm³/mol. The number of pyridine rings is 1. The number of H-pyrrole nitrogens is 1. The number of aryl methyl sites for hydroxylation is 2. The van der Waals surface area contributed by atoms with E-state index < -0.39 is 0 Å². The second kappa shape index (κ2) is 9.52. The summed E-state index contributed by atoms with van der Waals surface area (Å²) >= 11 is 5.81. The van der Waals surface area contributed by atoms with E-state index in [-0.39, 0.29) is 25.7 Å². The zero-order valence-corrected chi connectivity index (χ0v) is 16.7. The molecule has 152 valence electrons. The molecule has 0 atom stereocenters. The topological polar surface area (TPSA) is 57.8 Å². The van der Waals surface area contributed by atoms with Crippen molar-refractivity contribution >= 4 is 39.3 Å². The number of aromatic nitrogens is 2. The molecule has 0 bridgehead atoms. The molecule has 29 heavy (non-hydrogen) atoms. The summed E-state index contributed by atoms with van der Waals surface area (Å²) in [6, 6.07) is 11.3. The van der Waals surface area contributed by atoms with E-state index in [2.05, 4.69) is 28.3 Å². The molecule has 6 heteroatoms. The molecular formula is C23H25ClFN3O. The number of carbonyl (C=O) groups is 1. The summed E-state index contributed by atoms with van der Waals surface area (Å²) in [5.41, 5.74) is 4.57. The highest BCUT2D eigenvalue weighted by Gasteiger charge is 2.07. The third kappa shape index (κ3) is 5.55. The van der Waals surface area contributed by atoms with E-state index >= 15 is 0 Å². The van der Waals surface area contributed by atoms with Gasteiger partial charge in [0.05, 0.1) is 10.5 Å². The van der Waals surface area contributed by atoms with Crippen LogP contribution in [0.2, 0.25) is 5.02 Å². The van der Waals surface area contributed by atoms with Crippen LogP contribution in [0.15, 0.2) is 48.8 Å². The van der Waals surface area contributed by atoms with Crippen LogP contribution in [-0.2, 0) is 11.3 Å². The summed E-state index contributed by atoms with van der Waals surface area (Å²) in [5.74, 6) is -0.464. The highest BCUT2D eigenvalue weighted by Crippen LogP contribution is 2.21. The van der Waals surface area contributed by atoms with Crippen LogP contribution >= 0.6 is 11.6 Å². The third-order valence-corrected chi connectivity index (χ3v) is 4.59. The molecule has 0 saturated carbocycles. The zero-order chi connectivity index (χ0) is 20.3. The van der Waals surface area contributed by atoms with Crippen molar-refractivity contribution in [2.24, 2.45) is 0 Å². The lowest BCUT2D eigenvalue weighted by Crippen LogP contribution is -2.19. The molecule has 0 aliphatic rings. The molecule has 4 rings (SSSR count). The van der Waals surface area contributed by atoms with Crippen LogP contribution in [0, 0.1) is 19.7 Å². The monoisotopic (exact) mass is 413 g/mol. The Morgan fingerprint density at radius 3 is 2.69 bits per heavy atom. The fourth-order valence-electron chi connectivity index (χ4n) is 2.91. The number of amides is 1. The van der Waals surface area contributed by atoms with Crippen LogP contribution < -0.4 is 5.32 Å². The van der Waals surface area contributed by atoms with Gasteiger partial charge >= 0.3 is 0 Å². The molecule has 4 aromatic rings. The van der Waals surface area contributed by atoms with Crippen molar-refractivity contribution < 1.29 is 9.18 Å². The number of carbonyl (C=O) groups excluding carboxylic acids is 1. The van der Waals surface area contributed by atoms with Gasteiger partial charge in [0.2, 0.25) is 5.91 Å². The first-order chi connectivity index (χ1) is 13.3. The van der Waals surface area contributed by atoms with Gasteiger partial charge in [-0.15, -0.1) is 0 Å². The molecule has 0 unspecified atom stereocenters. The van der Waals surface area contributed by atoms with Crippen molar-refractivity contribution in [2.45, 2.75) is 34.7 Å². The van der Waals surface area contributed by atoms with Crippen LogP contribution in [0.4, 0.5) is 4.39 Å². The first-order valence-corrected chi connectivity index (χ1v) is 9.24. The first-order valence-electron chi connectivity index (χ1n) is 8.86. The minimum absolute atomic E-state index is 0. The summed E-state index contributed by atoms with van der Waals surface area (Å²) in [6.07, 6.45) is 3.51. The van der Waals surface area contributed by atoms with E-state index in [1.54, 1.807) is 12.3 Å². The molecule has 0 saturated heterocycles. The molecule has 0 spiro atoms. The van der Waals surface area contributed by atoms with Crippen molar-refractivity contribution in [1.29, 1.82) is 0 Å². The maximum absolute atomic E-state index is 13.6. The Balaban J connectivity index is 0.000000207. The predicted octanol–water partition coefficient (Wildman–Crippen LogP) is 6.08. The van der Waals surface area contributed by atoms with E-state index in [9.17, 15) is 9.18 Å². The highest BCUT2D eigenvalue weighted by atomic mass is 35.5. The molecule has 2 aromatic heterocycles. The standard InChI is InChI=1S/C12H13FN2O.C10H8ClN.CH4/c1-7-5-15-12-4-11(13)9(3-10(7)12)6-14-8(2)16;1-7-2-3-10-8(4-7)5-9(11)6-12-10;/h3-5,15H,6H2,1-2H3,(H,14,16);2-6H,1H3;1H4. The lowest BCUT2D eigenvalue weighted by Gasteiger charge is -2.04. The Morgan fingerprint density at radius 1 is 1.21 bits per heavy atom. The number of nitrogens with zero attached hydrogens (tertiary/aromatic N) is 1. The number of benzene rings is 2. The number of hydrogen-bond donors (Lipinski definition) is 2. The number of fused-ring (bicyclic) bond motifs is 2. The quantitative estimate of drug-likeness (QED) is 0.418. The van der Waals surface area contributed by atoms with Crippen molar-refractivity contribution in [3.63, 3.8) is 0 Å². The smallest absolute Gasteiger partial charge is 0.217 e. The Bertz CT molecular complexity index is 1120. The van der Waals surface area contributed by atoms with Crippen molar-refractivity contribution in [1.82, 2.24) is 15.3 Å². The first kappa shape index (κ1) is 22.4. The van der Waals surface area contributed by atoms with Gasteiger partial charge in [0.25, 0.3) is 0 Å². The lowest BCUT2D eigenvalue weighted by molar-refractivity contribution is -0.119. The van der Waals surface area contributed by atoms with Gasteiger partial charge in [-0.05, 0) is 49.7 Å². The second-order valence-corrected chi connectivity index (χ2v) is 7.16. The fraction of sp³-hybridized carbons (Fsp3) is 0.217. The van der Waals surface area contributed by atoms with Crippen LogP contribution in [0.5, 0.6) is 0 Å². The molecule has 0 radical (unpaired) electrons. The molecule has 0 aliphatic heterocycles. The number of nitrogens with one attached hydrogen (secondary N) is 2. The molecular weight excluding hydrogens is 389 g/mol. The van der Waals surface area contributed by atoms with Crippen LogP contribution in [0.3, 0.4) is 0 Å². The van der Waals surface area contributed by atoms with E-state index in [1.165, 1.54) is 18.6 Å². The summed E-state index contributed by atoms with van der Waals surface area (Å²) in [7, 11) is 0. The van der Waals surface area contributed by atoms with Gasteiger partial charge in [0.15, 0.2) is 0 Å². The maximum Gasteiger partial charge on any atom is 0.217 e. The van der Waals surface area contributed by atoms with Gasteiger partial charge in [-0.25, -0.2) is 4.39 Å². The van der Waals surface area contributed by atoms with Crippen LogP contribution in [-0.4, -0.2) is 15.9 Å². The van der Waals surface area contributed by atoms with Gasteiger partial charge in [0.1, 0.15) is 5.82 Å². The van der Waals surface area contributed by atoms with Crippen LogP contribution in [0.25, 0.3) is 21.8 Å². The highest BCUT2D eigenvalue weighted by molar-refractivity contribution is 6.31. The maximum atomic E-state index is 13.6. The minimum Gasteiger partial charge on any atom is -0.361 e. The molecule has 0 aliphatic carbocycles. The Labute approximate surface area is 175 Å². The Kier molecular flexibility index (Phi) is 7.35. The van der Waals surface area contributed by atoms with Crippen molar-refractivity contribution in [2.75, 3.05) is 0 Å². The Hall–Kier alpha value is -2.92. The summed E-state index contributed by atoms with van der Waals surface area (Å²) in [6.45, 7) is 5.65. The molecule has 4 nitrogen and oxygen atoms in total. The van der Waals surface area contributed by atoms with Crippen LogP contribution in [0.1, 0.15) is 31.0 Å². The van der Waals surface area contributed by atoms with E-state index in [4.69, 9.17) is 11.6 Å². The van der Waals surface area contributed by atoms with Gasteiger partial charge in [0, 0.05) is 47.7 Å². The van der Waals surface area contributed by atoms with E-state index in [1.807, 2.05) is 31.3 Å². The molecule has 2 heterocycles. The molecule has 1 amide bonds. The van der Waals surface area contributed by atoms with E-state index in [0.29, 0.717) is 10.6 Å². The zero-order valence-electron chi connectivity index (χ0n) is 15.9. The van der Waals surface area contributed by atoms with Crippen molar-refractivity contribution in [3.05, 3.63) is 76.3 Å². The molecule has 2 aromatic carbocycles. The largest absolute Gasteiger partial charge is 0.361 e. The Morgan fingerprint density at radius 2 is 1.97 bits per heavy atom. The summed E-state index contributed by atoms with van der Waals surface area (Å²) < 4.78 is 13.6. The minimum atomic E-state index is -0.303. The SMILES string of the molecule is C.CC(=O)NCc1cc2c(C)c[nH]c2cc1F.Cc1ccc2ncc(Cl)cc2c1. The fourth-order valence-corrected chi connectivity index (χ4v) is 3.07. The number of hydrogen-bond acceptors (Lipinski definition) is 2. The summed E-state index contributed by atoms with van der Waals surface area (Å²) in [5, 5.41) is 5.37. The van der Waals surface area contributed by atoms with Gasteiger partial charge < -0.3 is 10.3 Å². The normalized spacial score (nSPS) is 10.2. The van der Waals surface area contributed by atoms with Gasteiger partial charge in [-0.1, -0.05) is 30.7 Å². The van der Waals surface area contributed by atoms with Gasteiger partial charge in [-0.2, -0.15) is 0 Å². The van der Waals surface area contributed by atoms with Gasteiger partial charge in [-0.3, -0.25) is 9.78 Å². The number of halogens is 2. The number of rotatable bonds is 2. The number of aromatic amines is 1. The summed E-state index contributed by atoms with van der Waals surface area (Å²) in [4.78, 5) is 18.0.